The molecule has 0 fully saturated rings. The summed E-state index contributed by atoms with van der Waals surface area (Å²) in [5.41, 5.74) is 5.96. The Morgan fingerprint density at radius 3 is 1.71 bits per heavy atom. The number of hydrogen-bond acceptors (Lipinski definition) is 4. The maximum Gasteiger partial charge on any atom is 1.00 e. The molecule has 0 heterocycles. The van der Waals surface area contributed by atoms with Gasteiger partial charge in [0.15, 0.2) is 0 Å². The number of rotatable bonds is 2. The fraction of sp³-hybridized carbons (Fsp3) is 0.833. The zero-order chi connectivity index (χ0) is 11.2. The SMILES string of the molecule is CC(C)[C@H](N)C(=O)O.C[As](=O)([O-])O.[Na+]. The summed E-state index contributed by atoms with van der Waals surface area (Å²) >= 11 is -4.38. The largest absolute Gasteiger partial charge is 1.00 e. The second-order valence-corrected chi connectivity index (χ2v) is 6.28. The summed E-state index contributed by atoms with van der Waals surface area (Å²) in [6.07, 6.45) is 0. The van der Waals surface area contributed by atoms with Crippen LogP contribution in [0.5, 0.6) is 0 Å². The Balaban J connectivity index is -0.000000177. The molecule has 0 aromatic rings. The molecule has 1 unspecified atom stereocenters. The Morgan fingerprint density at radius 1 is 1.50 bits per heavy atom. The predicted molar refractivity (Wildman–Crippen MR) is 45.0 cm³/mol. The van der Waals surface area contributed by atoms with Gasteiger partial charge in [-0.2, -0.15) is 0 Å². The third-order valence-corrected chi connectivity index (χ3v) is 1.00. The van der Waals surface area contributed by atoms with Crippen LogP contribution in [0, 0.1) is 5.92 Å². The molecule has 14 heavy (non-hydrogen) atoms. The Labute approximate surface area is 108 Å². The fourth-order valence-corrected chi connectivity index (χ4v) is 0.285. The van der Waals surface area contributed by atoms with Crippen molar-refractivity contribution in [2.75, 3.05) is 0 Å². The van der Waals surface area contributed by atoms with Crippen LogP contribution in [-0.4, -0.2) is 35.4 Å². The molecule has 0 saturated heterocycles. The van der Waals surface area contributed by atoms with Crippen molar-refractivity contribution >= 4 is 20.1 Å². The molecule has 0 aromatic carbocycles. The zero-order valence-electron chi connectivity index (χ0n) is 8.80. The molecule has 4 N–H and O–H groups in total. The first-order chi connectivity index (χ1) is 5.55. The maximum absolute atomic E-state index is 10.0. The first kappa shape index (κ1) is 20.2. The van der Waals surface area contributed by atoms with Crippen LogP contribution in [0.2, 0.25) is 5.71 Å². The Morgan fingerprint density at radius 2 is 1.71 bits per heavy atom. The Bertz CT molecular complexity index is 196. The minimum absolute atomic E-state index is 0. The molecule has 6 nitrogen and oxygen atoms in total. The topological polar surface area (TPSA) is 124 Å². The van der Waals surface area contributed by atoms with Crippen molar-refractivity contribution in [3.8, 4) is 0 Å². The standard InChI is InChI=1S/C5H11NO2.CH5AsO3.Na/c1-3(2)4(6)5(7)8;1-2(3,4)5;/h3-4H,6H2,1-2H3,(H,7,8);1H3,(H2,3,4,5);/q;;+1/p-1/t4-;;/m0../s1. The van der Waals surface area contributed by atoms with E-state index in [4.69, 9.17) is 14.9 Å². The van der Waals surface area contributed by atoms with Gasteiger partial charge in [-0.1, -0.05) is 13.8 Å². The summed E-state index contributed by atoms with van der Waals surface area (Å²) in [6.45, 7) is 3.55. The van der Waals surface area contributed by atoms with Crippen molar-refractivity contribution in [2.45, 2.75) is 25.6 Å². The summed E-state index contributed by atoms with van der Waals surface area (Å²) in [6, 6.07) is -0.713. The first-order valence-electron chi connectivity index (χ1n) is 3.55. The number of carboxylic acid groups (broad SMARTS) is 1. The molecule has 0 bridgehead atoms. The van der Waals surface area contributed by atoms with Gasteiger partial charge in [0.1, 0.15) is 6.04 Å². The third kappa shape index (κ3) is 23.0. The van der Waals surface area contributed by atoms with Crippen LogP contribution in [0.4, 0.5) is 0 Å². The Kier molecular flexibility index (Phi) is 12.9. The molecule has 0 radical (unpaired) electrons. The van der Waals surface area contributed by atoms with Crippen LogP contribution in [-0.2, 0) is 8.53 Å². The molecule has 2 atom stereocenters. The molecule has 0 aliphatic rings. The Hall–Kier alpha value is 0.708. The first-order valence-corrected chi connectivity index (χ1v) is 7.80. The number of nitrogens with two attached hydrogens (primary N) is 1. The minimum atomic E-state index is -4.38. The van der Waals surface area contributed by atoms with Crippen LogP contribution in [0.1, 0.15) is 13.8 Å². The molecular weight excluding hydrogens is 264 g/mol. The van der Waals surface area contributed by atoms with Gasteiger partial charge in [-0.15, -0.1) is 0 Å². The van der Waals surface area contributed by atoms with Crippen LogP contribution in [0.3, 0.4) is 0 Å². The molecule has 80 valence electrons. The third-order valence-electron chi connectivity index (χ3n) is 1.00. The van der Waals surface area contributed by atoms with Gasteiger partial charge in [-0.3, -0.25) is 4.79 Å². The van der Waals surface area contributed by atoms with E-state index in [9.17, 15) is 12.6 Å². The number of hydrogen-bond donors (Lipinski definition) is 3. The molecule has 8 heteroatoms. The summed E-state index contributed by atoms with van der Waals surface area (Å²) < 4.78 is 26.1. The van der Waals surface area contributed by atoms with E-state index in [0.29, 0.717) is 0 Å². The van der Waals surface area contributed by atoms with E-state index in [1.807, 2.05) is 0 Å². The van der Waals surface area contributed by atoms with Crippen molar-refractivity contribution in [3.05, 3.63) is 0 Å². The van der Waals surface area contributed by atoms with Gasteiger partial charge < -0.3 is 10.8 Å². The van der Waals surface area contributed by atoms with Gasteiger partial charge in [0.25, 0.3) is 0 Å². The molecule has 0 aromatic heterocycles. The molecule has 0 aliphatic carbocycles. The summed E-state index contributed by atoms with van der Waals surface area (Å²) in [5.74, 6) is -0.910. The average molecular weight is 279 g/mol. The van der Waals surface area contributed by atoms with Gasteiger partial charge in [0.05, 0.1) is 0 Å². The second kappa shape index (κ2) is 8.97. The molecular formula is C6H15AsNNaO5. The van der Waals surface area contributed by atoms with Crippen molar-refractivity contribution in [1.29, 1.82) is 0 Å². The predicted octanol–water partition coefficient (Wildman–Crippen LogP) is -4.60. The molecule has 0 aliphatic heterocycles. The fourth-order valence-electron chi connectivity index (χ4n) is 0.285. The molecule has 0 amide bonds. The normalized spacial score (nSPS) is 15.6. The average Bonchev–Trinajstić information content (AvgIpc) is 1.81. The molecule has 0 rings (SSSR count). The van der Waals surface area contributed by atoms with Crippen LogP contribution >= 0.6 is 0 Å². The second-order valence-electron chi connectivity index (χ2n) is 2.91. The number of carboxylic acids is 1. The van der Waals surface area contributed by atoms with Gasteiger partial charge in [0.2, 0.25) is 0 Å². The van der Waals surface area contributed by atoms with Gasteiger partial charge in [-0.25, -0.2) is 0 Å². The van der Waals surface area contributed by atoms with Crippen molar-refractivity contribution in [3.63, 3.8) is 0 Å². The molecule has 0 saturated carbocycles. The maximum atomic E-state index is 10.0. The van der Waals surface area contributed by atoms with E-state index < -0.39 is 26.2 Å². The monoisotopic (exact) mass is 279 g/mol. The smallest absolute Gasteiger partial charge is 1.00 e. The van der Waals surface area contributed by atoms with E-state index in [-0.39, 0.29) is 35.5 Å². The van der Waals surface area contributed by atoms with Crippen LogP contribution in [0.15, 0.2) is 0 Å². The molecule has 0 spiro atoms. The van der Waals surface area contributed by atoms with Crippen molar-refractivity contribution < 1.29 is 51.4 Å². The van der Waals surface area contributed by atoms with Crippen molar-refractivity contribution in [1.82, 2.24) is 0 Å². The van der Waals surface area contributed by atoms with Crippen molar-refractivity contribution in [2.24, 2.45) is 11.7 Å². The van der Waals surface area contributed by atoms with Gasteiger partial charge in [-0.05, 0) is 5.92 Å². The number of carbonyl (C=O) groups is 1. The summed E-state index contributed by atoms with van der Waals surface area (Å²) in [5, 5.41) is 8.23. The summed E-state index contributed by atoms with van der Waals surface area (Å²) in [7, 11) is 0. The zero-order valence-corrected chi connectivity index (χ0v) is 12.7. The van der Waals surface area contributed by atoms with E-state index >= 15 is 0 Å². The van der Waals surface area contributed by atoms with E-state index in [2.05, 4.69) is 0 Å². The number of aliphatic carboxylic acids is 1. The quantitative estimate of drug-likeness (QED) is 0.437. The van der Waals surface area contributed by atoms with E-state index in [1.54, 1.807) is 13.8 Å². The van der Waals surface area contributed by atoms with E-state index in [0.717, 1.165) is 5.71 Å². The van der Waals surface area contributed by atoms with E-state index in [1.165, 1.54) is 0 Å². The van der Waals surface area contributed by atoms with Gasteiger partial charge >= 0.3 is 67.3 Å². The van der Waals surface area contributed by atoms with Crippen LogP contribution in [0.25, 0.3) is 0 Å². The van der Waals surface area contributed by atoms with Gasteiger partial charge in [0, 0.05) is 0 Å². The minimum Gasteiger partial charge on any atom is 1.00 e. The summed E-state index contributed by atoms with van der Waals surface area (Å²) in [4.78, 5) is 10.0. The van der Waals surface area contributed by atoms with Crippen LogP contribution < -0.4 is 39.4 Å².